The lowest BCUT2D eigenvalue weighted by Gasteiger charge is -2.29. The van der Waals surface area contributed by atoms with Crippen molar-refractivity contribution in [3.63, 3.8) is 0 Å². The first-order chi connectivity index (χ1) is 9.20. The Morgan fingerprint density at radius 3 is 2.79 bits per heavy atom. The summed E-state index contributed by atoms with van der Waals surface area (Å²) in [6.45, 7) is 2.16. The van der Waals surface area contributed by atoms with Gasteiger partial charge < -0.3 is 5.32 Å². The summed E-state index contributed by atoms with van der Waals surface area (Å²) >= 11 is 3.24. The molecule has 1 N–H and O–H groups in total. The van der Waals surface area contributed by atoms with Gasteiger partial charge in [0.2, 0.25) is 0 Å². The number of likely N-dealkylation sites (tertiary alicyclic amines) is 1. The Hall–Kier alpha value is -0.450. The molecule has 2 fully saturated rings. The predicted octanol–water partition coefficient (Wildman–Crippen LogP) is 3.33. The molecule has 1 aliphatic heterocycles. The van der Waals surface area contributed by atoms with Crippen LogP contribution in [0.4, 0.5) is 4.39 Å². The Kier molecular flexibility index (Phi) is 3.92. The maximum Gasteiger partial charge on any atom is 0.137 e. The standard InChI is InChI=1S/C15H20BrFN2/c1-18-9-11-6-7-19(12-3-4-12)15(11)10-2-5-13(16)14(17)8-10/h2,5,8,11-12,15,18H,3-4,6-7,9H2,1H3. The van der Waals surface area contributed by atoms with Crippen LogP contribution in [0.2, 0.25) is 0 Å². The van der Waals surface area contributed by atoms with Crippen LogP contribution in [-0.2, 0) is 0 Å². The van der Waals surface area contributed by atoms with E-state index in [1.807, 2.05) is 13.1 Å². The molecule has 2 nitrogen and oxygen atoms in total. The van der Waals surface area contributed by atoms with Gasteiger partial charge in [0.25, 0.3) is 0 Å². The predicted molar refractivity (Wildman–Crippen MR) is 78.6 cm³/mol. The Morgan fingerprint density at radius 2 is 2.16 bits per heavy atom. The third-order valence-corrected chi connectivity index (χ3v) is 4.97. The topological polar surface area (TPSA) is 15.3 Å². The first-order valence-electron chi connectivity index (χ1n) is 7.06. The minimum Gasteiger partial charge on any atom is -0.319 e. The summed E-state index contributed by atoms with van der Waals surface area (Å²) < 4.78 is 14.4. The Balaban J connectivity index is 1.89. The molecule has 1 aliphatic carbocycles. The molecule has 1 heterocycles. The molecule has 1 saturated carbocycles. The van der Waals surface area contributed by atoms with E-state index in [-0.39, 0.29) is 5.82 Å². The number of benzene rings is 1. The van der Waals surface area contributed by atoms with Crippen molar-refractivity contribution < 1.29 is 4.39 Å². The average Bonchev–Trinajstić information content (AvgIpc) is 3.15. The van der Waals surface area contributed by atoms with E-state index in [4.69, 9.17) is 0 Å². The summed E-state index contributed by atoms with van der Waals surface area (Å²) in [5.74, 6) is 0.439. The van der Waals surface area contributed by atoms with Gasteiger partial charge in [-0.3, -0.25) is 4.90 Å². The highest BCUT2D eigenvalue weighted by atomic mass is 79.9. The first kappa shape index (κ1) is 13.5. The molecule has 0 radical (unpaired) electrons. The molecule has 2 atom stereocenters. The van der Waals surface area contributed by atoms with E-state index in [0.717, 1.165) is 24.7 Å². The number of nitrogens with zero attached hydrogens (tertiary/aromatic N) is 1. The Bertz CT molecular complexity index is 461. The molecule has 3 rings (SSSR count). The number of halogens is 2. The molecule has 0 bridgehead atoms. The second kappa shape index (κ2) is 5.51. The zero-order chi connectivity index (χ0) is 13.4. The summed E-state index contributed by atoms with van der Waals surface area (Å²) in [6, 6.07) is 6.73. The molecule has 0 spiro atoms. The first-order valence-corrected chi connectivity index (χ1v) is 7.85. The summed E-state index contributed by atoms with van der Waals surface area (Å²) in [4.78, 5) is 2.59. The maximum atomic E-state index is 13.8. The quantitative estimate of drug-likeness (QED) is 0.913. The fourth-order valence-corrected chi connectivity index (χ4v) is 3.58. The second-order valence-corrected chi connectivity index (χ2v) is 6.55. The molecule has 2 aliphatic rings. The zero-order valence-electron chi connectivity index (χ0n) is 11.2. The summed E-state index contributed by atoms with van der Waals surface area (Å²) in [5.41, 5.74) is 1.13. The van der Waals surface area contributed by atoms with Crippen molar-refractivity contribution in [2.24, 2.45) is 5.92 Å². The molecule has 1 aromatic rings. The van der Waals surface area contributed by atoms with Crippen molar-refractivity contribution >= 4 is 15.9 Å². The molecule has 0 amide bonds. The monoisotopic (exact) mass is 326 g/mol. The molecule has 1 saturated heterocycles. The van der Waals surface area contributed by atoms with Crippen molar-refractivity contribution in [3.8, 4) is 0 Å². The summed E-state index contributed by atoms with van der Waals surface area (Å²) in [7, 11) is 2.00. The second-order valence-electron chi connectivity index (χ2n) is 5.69. The third kappa shape index (κ3) is 2.71. The van der Waals surface area contributed by atoms with Crippen LogP contribution in [0, 0.1) is 11.7 Å². The van der Waals surface area contributed by atoms with Crippen LogP contribution in [0.5, 0.6) is 0 Å². The number of nitrogens with one attached hydrogen (secondary N) is 1. The highest BCUT2D eigenvalue weighted by Gasteiger charge is 2.42. The molecule has 19 heavy (non-hydrogen) atoms. The van der Waals surface area contributed by atoms with Crippen LogP contribution in [0.15, 0.2) is 22.7 Å². The Labute approximate surface area is 122 Å². The van der Waals surface area contributed by atoms with Gasteiger partial charge in [0.05, 0.1) is 4.47 Å². The van der Waals surface area contributed by atoms with Gasteiger partial charge in [0.1, 0.15) is 5.82 Å². The molecule has 4 heteroatoms. The van der Waals surface area contributed by atoms with Gasteiger partial charge in [-0.15, -0.1) is 0 Å². The third-order valence-electron chi connectivity index (χ3n) is 4.33. The average molecular weight is 327 g/mol. The molecule has 2 unspecified atom stereocenters. The van der Waals surface area contributed by atoms with Crippen LogP contribution < -0.4 is 5.32 Å². The largest absolute Gasteiger partial charge is 0.319 e. The van der Waals surface area contributed by atoms with Crippen molar-refractivity contribution in [2.45, 2.75) is 31.3 Å². The zero-order valence-corrected chi connectivity index (χ0v) is 12.8. The van der Waals surface area contributed by atoms with Gasteiger partial charge in [-0.25, -0.2) is 4.39 Å². The molecule has 104 valence electrons. The number of hydrogen-bond donors (Lipinski definition) is 1. The van der Waals surface area contributed by atoms with E-state index >= 15 is 0 Å². The van der Waals surface area contributed by atoms with Crippen LogP contribution in [0.25, 0.3) is 0 Å². The highest BCUT2D eigenvalue weighted by Crippen LogP contribution is 2.44. The van der Waals surface area contributed by atoms with E-state index < -0.39 is 0 Å². The van der Waals surface area contributed by atoms with Crippen LogP contribution in [-0.4, -0.2) is 31.1 Å². The van der Waals surface area contributed by atoms with Gasteiger partial charge in [-0.2, -0.15) is 0 Å². The molecular weight excluding hydrogens is 307 g/mol. The molecule has 1 aromatic carbocycles. The minimum atomic E-state index is -0.150. The molecule has 0 aromatic heterocycles. The van der Waals surface area contributed by atoms with Gasteiger partial charge in [-0.05, 0) is 78.9 Å². The van der Waals surface area contributed by atoms with Crippen molar-refractivity contribution in [1.29, 1.82) is 0 Å². The number of hydrogen-bond acceptors (Lipinski definition) is 2. The van der Waals surface area contributed by atoms with Gasteiger partial charge >= 0.3 is 0 Å². The van der Waals surface area contributed by atoms with Gasteiger partial charge in [0.15, 0.2) is 0 Å². The van der Waals surface area contributed by atoms with E-state index in [1.54, 1.807) is 6.07 Å². The minimum absolute atomic E-state index is 0.150. The lowest BCUT2D eigenvalue weighted by atomic mass is 9.93. The maximum absolute atomic E-state index is 13.8. The Morgan fingerprint density at radius 1 is 1.37 bits per heavy atom. The normalized spacial score (nSPS) is 27.9. The SMILES string of the molecule is CNCC1CCN(C2CC2)C1c1ccc(Br)c(F)c1. The highest BCUT2D eigenvalue weighted by molar-refractivity contribution is 9.10. The van der Waals surface area contributed by atoms with Crippen LogP contribution in [0.3, 0.4) is 0 Å². The van der Waals surface area contributed by atoms with Crippen LogP contribution in [0.1, 0.15) is 30.9 Å². The van der Waals surface area contributed by atoms with Crippen molar-refractivity contribution in [3.05, 3.63) is 34.1 Å². The molecular formula is C15H20BrFN2. The van der Waals surface area contributed by atoms with Crippen molar-refractivity contribution in [2.75, 3.05) is 20.1 Å². The number of rotatable bonds is 4. The smallest absolute Gasteiger partial charge is 0.137 e. The van der Waals surface area contributed by atoms with Crippen LogP contribution >= 0.6 is 15.9 Å². The fourth-order valence-electron chi connectivity index (χ4n) is 3.33. The lowest BCUT2D eigenvalue weighted by molar-refractivity contribution is 0.217. The van der Waals surface area contributed by atoms with E-state index in [0.29, 0.717) is 16.4 Å². The fraction of sp³-hybridized carbons (Fsp3) is 0.600. The van der Waals surface area contributed by atoms with E-state index in [9.17, 15) is 4.39 Å². The summed E-state index contributed by atoms with van der Waals surface area (Å²) in [5, 5.41) is 3.29. The van der Waals surface area contributed by atoms with E-state index in [1.165, 1.54) is 19.3 Å². The van der Waals surface area contributed by atoms with Gasteiger partial charge in [-0.1, -0.05) is 6.07 Å². The van der Waals surface area contributed by atoms with E-state index in [2.05, 4.69) is 32.2 Å². The van der Waals surface area contributed by atoms with Crippen molar-refractivity contribution in [1.82, 2.24) is 10.2 Å². The lowest BCUT2D eigenvalue weighted by Crippen LogP contribution is -2.30. The van der Waals surface area contributed by atoms with Gasteiger partial charge in [0, 0.05) is 12.1 Å². The summed E-state index contributed by atoms with van der Waals surface area (Å²) in [6.07, 6.45) is 3.82.